The van der Waals surface area contributed by atoms with Gasteiger partial charge in [-0.1, -0.05) is 0 Å². The van der Waals surface area contributed by atoms with Gasteiger partial charge in [0.2, 0.25) is 0 Å². The van der Waals surface area contributed by atoms with Gasteiger partial charge < -0.3 is 5.11 Å². The summed E-state index contributed by atoms with van der Waals surface area (Å²) in [5.41, 5.74) is -0.102. The van der Waals surface area contributed by atoms with Crippen molar-refractivity contribution < 1.29 is 10.0 Å². The largest absolute Gasteiger partial charge is 0.390 e. The number of pyridine rings is 1. The molecule has 0 aliphatic heterocycles. The Morgan fingerprint density at radius 3 is 2.92 bits per heavy atom. The predicted molar refractivity (Wildman–Crippen MR) is 44.5 cm³/mol. The highest BCUT2D eigenvalue weighted by Gasteiger charge is 2.14. The maximum atomic E-state index is 10.4. The zero-order valence-corrected chi connectivity index (χ0v) is 7.48. The fourth-order valence-electron chi connectivity index (χ4n) is 0.737. The number of hydrogen-bond donors (Lipinski definition) is 1. The van der Waals surface area contributed by atoms with Gasteiger partial charge in [0.05, 0.1) is 11.5 Å². The first-order chi connectivity index (χ1) is 5.65. The molecule has 0 saturated carbocycles. The lowest BCUT2D eigenvalue weighted by atomic mass is 10.3. The van der Waals surface area contributed by atoms with E-state index in [1.54, 1.807) is 0 Å². The summed E-state index contributed by atoms with van der Waals surface area (Å²) in [6, 6.07) is 1.30. The molecule has 6 heteroatoms. The van der Waals surface area contributed by atoms with E-state index in [-0.39, 0.29) is 11.4 Å². The molecule has 1 heterocycles. The topological polar surface area (TPSA) is 76.3 Å². The van der Waals surface area contributed by atoms with Crippen LogP contribution in [-0.2, 0) is 6.61 Å². The van der Waals surface area contributed by atoms with E-state index in [1.165, 1.54) is 12.3 Å². The van der Waals surface area contributed by atoms with E-state index in [0.29, 0.717) is 4.47 Å². The first-order valence-electron chi connectivity index (χ1n) is 3.05. The molecule has 0 bridgehead atoms. The zero-order chi connectivity index (χ0) is 9.14. The van der Waals surface area contributed by atoms with Crippen molar-refractivity contribution in [2.24, 2.45) is 0 Å². The first kappa shape index (κ1) is 9.08. The minimum Gasteiger partial charge on any atom is -0.390 e. The molecule has 1 rings (SSSR count). The summed E-state index contributed by atoms with van der Waals surface area (Å²) in [5.74, 6) is 0. The van der Waals surface area contributed by atoms with Crippen LogP contribution >= 0.6 is 15.9 Å². The van der Waals surface area contributed by atoms with Gasteiger partial charge in [-0.3, -0.25) is 15.1 Å². The van der Waals surface area contributed by atoms with Gasteiger partial charge in [-0.2, -0.15) is 0 Å². The van der Waals surface area contributed by atoms with Crippen molar-refractivity contribution in [1.82, 2.24) is 4.98 Å². The quantitative estimate of drug-likeness (QED) is 0.615. The molecule has 1 aromatic heterocycles. The molecule has 5 nitrogen and oxygen atoms in total. The molecule has 0 saturated heterocycles. The van der Waals surface area contributed by atoms with E-state index in [1.807, 2.05) is 0 Å². The van der Waals surface area contributed by atoms with Crippen LogP contribution in [0, 0.1) is 10.1 Å². The van der Waals surface area contributed by atoms with Crippen molar-refractivity contribution in [3.05, 3.63) is 32.5 Å². The number of rotatable bonds is 2. The number of aliphatic hydroxyl groups is 1. The van der Waals surface area contributed by atoms with Crippen LogP contribution < -0.4 is 0 Å². The van der Waals surface area contributed by atoms with E-state index in [9.17, 15) is 10.1 Å². The SMILES string of the molecule is O=[N+]([O-])c1cc(Br)cnc1CO. The standard InChI is InChI=1S/C6H5BrN2O3/c7-4-1-6(9(11)12)5(3-10)8-2-4/h1-2,10H,3H2. The third kappa shape index (κ3) is 1.77. The van der Waals surface area contributed by atoms with E-state index in [0.717, 1.165) is 0 Å². The summed E-state index contributed by atoms with van der Waals surface area (Å²) < 4.78 is 0.520. The Kier molecular flexibility index (Phi) is 2.72. The fraction of sp³-hybridized carbons (Fsp3) is 0.167. The third-order valence-corrected chi connectivity index (χ3v) is 1.69. The minimum atomic E-state index is -0.580. The molecule has 0 fully saturated rings. The molecule has 0 radical (unpaired) electrons. The smallest absolute Gasteiger partial charge is 0.294 e. The van der Waals surface area contributed by atoms with Crippen LogP contribution in [-0.4, -0.2) is 15.0 Å². The van der Waals surface area contributed by atoms with Crippen molar-refractivity contribution in [3.8, 4) is 0 Å². The van der Waals surface area contributed by atoms with Crippen LogP contribution in [0.15, 0.2) is 16.7 Å². The summed E-state index contributed by atoms with van der Waals surface area (Å²) in [5, 5.41) is 19.0. The fourth-order valence-corrected chi connectivity index (χ4v) is 1.06. The highest BCUT2D eigenvalue weighted by molar-refractivity contribution is 9.10. The zero-order valence-electron chi connectivity index (χ0n) is 5.90. The summed E-state index contributed by atoms with van der Waals surface area (Å²) in [7, 11) is 0. The maximum Gasteiger partial charge on any atom is 0.294 e. The number of halogens is 1. The van der Waals surface area contributed by atoms with Gasteiger partial charge in [0.1, 0.15) is 5.69 Å². The Bertz CT molecular complexity index is 316. The highest BCUT2D eigenvalue weighted by Crippen LogP contribution is 2.20. The number of aliphatic hydroxyl groups excluding tert-OH is 1. The van der Waals surface area contributed by atoms with Gasteiger partial charge in [-0.15, -0.1) is 0 Å². The van der Waals surface area contributed by atoms with Crippen LogP contribution in [0.3, 0.4) is 0 Å². The summed E-state index contributed by atoms with van der Waals surface area (Å²) in [6.45, 7) is -0.427. The van der Waals surface area contributed by atoms with Gasteiger partial charge in [0, 0.05) is 16.7 Å². The molecule has 0 spiro atoms. The Morgan fingerprint density at radius 2 is 2.42 bits per heavy atom. The van der Waals surface area contributed by atoms with Gasteiger partial charge in [-0.05, 0) is 15.9 Å². The normalized spacial score (nSPS) is 9.83. The van der Waals surface area contributed by atoms with E-state index in [4.69, 9.17) is 5.11 Å². The molecule has 1 N–H and O–H groups in total. The second-order valence-electron chi connectivity index (χ2n) is 2.03. The lowest BCUT2D eigenvalue weighted by molar-refractivity contribution is -0.386. The maximum absolute atomic E-state index is 10.4. The summed E-state index contributed by atoms with van der Waals surface area (Å²) >= 11 is 3.05. The molecule has 1 aromatic rings. The first-order valence-corrected chi connectivity index (χ1v) is 3.84. The summed E-state index contributed by atoms with van der Waals surface area (Å²) in [6.07, 6.45) is 1.40. The van der Waals surface area contributed by atoms with Crippen molar-refractivity contribution in [1.29, 1.82) is 0 Å². The number of nitro groups is 1. The van der Waals surface area contributed by atoms with Crippen LogP contribution in [0.1, 0.15) is 5.69 Å². The monoisotopic (exact) mass is 232 g/mol. The Balaban J connectivity index is 3.21. The second kappa shape index (κ2) is 3.59. The van der Waals surface area contributed by atoms with Crippen molar-refractivity contribution in [2.75, 3.05) is 0 Å². The lowest BCUT2D eigenvalue weighted by Crippen LogP contribution is -1.97. The van der Waals surface area contributed by atoms with E-state index in [2.05, 4.69) is 20.9 Å². The van der Waals surface area contributed by atoms with Gasteiger partial charge in [0.15, 0.2) is 0 Å². The van der Waals surface area contributed by atoms with Crippen LogP contribution in [0.2, 0.25) is 0 Å². The van der Waals surface area contributed by atoms with E-state index < -0.39 is 11.5 Å². The molecule has 0 aromatic carbocycles. The van der Waals surface area contributed by atoms with Crippen LogP contribution in [0.5, 0.6) is 0 Å². The molecule has 0 aliphatic carbocycles. The van der Waals surface area contributed by atoms with Gasteiger partial charge in [0.25, 0.3) is 5.69 Å². The molecule has 12 heavy (non-hydrogen) atoms. The van der Waals surface area contributed by atoms with Crippen LogP contribution in [0.25, 0.3) is 0 Å². The molecular weight excluding hydrogens is 228 g/mol. The average molecular weight is 233 g/mol. The second-order valence-corrected chi connectivity index (χ2v) is 2.95. The van der Waals surface area contributed by atoms with Crippen LogP contribution in [0.4, 0.5) is 5.69 Å². The number of nitrogens with zero attached hydrogens (tertiary/aromatic N) is 2. The van der Waals surface area contributed by atoms with Crippen molar-refractivity contribution in [2.45, 2.75) is 6.61 Å². The third-order valence-electron chi connectivity index (χ3n) is 1.26. The van der Waals surface area contributed by atoms with Crippen molar-refractivity contribution in [3.63, 3.8) is 0 Å². The lowest BCUT2D eigenvalue weighted by Gasteiger charge is -1.97. The minimum absolute atomic E-state index is 0.0724. The Morgan fingerprint density at radius 1 is 1.75 bits per heavy atom. The number of aromatic nitrogens is 1. The Hall–Kier alpha value is -1.01. The Labute approximate surface area is 76.3 Å². The average Bonchev–Trinajstić information content (AvgIpc) is 2.04. The molecule has 64 valence electrons. The molecule has 0 atom stereocenters. The molecule has 0 amide bonds. The number of hydrogen-bond acceptors (Lipinski definition) is 4. The summed E-state index contributed by atoms with van der Waals surface area (Å²) in [4.78, 5) is 13.5. The molecule has 0 unspecified atom stereocenters. The van der Waals surface area contributed by atoms with Crippen molar-refractivity contribution >= 4 is 21.6 Å². The predicted octanol–water partition coefficient (Wildman–Crippen LogP) is 1.24. The van der Waals surface area contributed by atoms with Gasteiger partial charge >= 0.3 is 0 Å². The molecular formula is C6H5BrN2O3. The van der Waals surface area contributed by atoms with E-state index >= 15 is 0 Å². The molecule has 0 aliphatic rings. The van der Waals surface area contributed by atoms with Gasteiger partial charge in [-0.25, -0.2) is 0 Å². The highest BCUT2D eigenvalue weighted by atomic mass is 79.9.